The van der Waals surface area contributed by atoms with Crippen molar-refractivity contribution < 1.29 is 4.74 Å². The van der Waals surface area contributed by atoms with Gasteiger partial charge in [-0.2, -0.15) is 11.8 Å². The fraction of sp³-hybridized carbons (Fsp3) is 0.929. The summed E-state index contributed by atoms with van der Waals surface area (Å²) >= 11 is 1.85. The highest BCUT2D eigenvalue weighted by atomic mass is 32.2. The van der Waals surface area contributed by atoms with Crippen LogP contribution in [0.5, 0.6) is 0 Å². The minimum absolute atomic E-state index is 0.563. The maximum atomic E-state index is 5.67. The maximum Gasteiger partial charge on any atom is 0.193 e. The number of rotatable bonds is 9. The molecule has 1 atom stereocenters. The molecule has 5 heteroatoms. The van der Waals surface area contributed by atoms with E-state index >= 15 is 0 Å². The Morgan fingerprint density at radius 1 is 1.53 bits per heavy atom. The molecule has 0 aliphatic heterocycles. The van der Waals surface area contributed by atoms with E-state index in [1.165, 1.54) is 12.8 Å². The van der Waals surface area contributed by atoms with Crippen molar-refractivity contribution in [3.05, 3.63) is 0 Å². The number of thioether (sulfide) groups is 1. The van der Waals surface area contributed by atoms with Crippen LogP contribution in [0.15, 0.2) is 4.99 Å². The zero-order valence-corrected chi connectivity index (χ0v) is 13.6. The largest absolute Gasteiger partial charge is 0.379 e. The van der Waals surface area contributed by atoms with Gasteiger partial charge in [0.25, 0.3) is 0 Å². The Morgan fingerprint density at radius 3 is 2.84 bits per heavy atom. The zero-order chi connectivity index (χ0) is 14.1. The van der Waals surface area contributed by atoms with Gasteiger partial charge in [0.1, 0.15) is 0 Å². The van der Waals surface area contributed by atoms with E-state index in [1.807, 2.05) is 11.8 Å². The molecule has 1 aliphatic rings. The van der Waals surface area contributed by atoms with Crippen LogP contribution in [0.4, 0.5) is 0 Å². The summed E-state index contributed by atoms with van der Waals surface area (Å²) in [7, 11) is 2.08. The summed E-state index contributed by atoms with van der Waals surface area (Å²) in [5.41, 5.74) is 0. The van der Waals surface area contributed by atoms with Gasteiger partial charge in [-0.15, -0.1) is 0 Å². The van der Waals surface area contributed by atoms with E-state index in [0.29, 0.717) is 5.25 Å². The number of ether oxygens (including phenoxy) is 1. The van der Waals surface area contributed by atoms with Crippen LogP contribution in [-0.2, 0) is 4.74 Å². The molecule has 19 heavy (non-hydrogen) atoms. The summed E-state index contributed by atoms with van der Waals surface area (Å²) < 4.78 is 5.67. The summed E-state index contributed by atoms with van der Waals surface area (Å²) in [6, 6.07) is 0. The molecule has 0 amide bonds. The van der Waals surface area contributed by atoms with Crippen LogP contribution < -0.4 is 5.32 Å². The lowest BCUT2D eigenvalue weighted by Gasteiger charge is -2.22. The molecule has 0 spiro atoms. The molecule has 0 aromatic carbocycles. The van der Waals surface area contributed by atoms with E-state index in [4.69, 9.17) is 4.74 Å². The number of aliphatic imine (C=N–C) groups is 1. The van der Waals surface area contributed by atoms with Gasteiger partial charge in [0.2, 0.25) is 0 Å². The molecule has 0 aromatic rings. The number of nitrogens with one attached hydrogen (secondary N) is 1. The molecule has 0 saturated heterocycles. The second kappa shape index (κ2) is 9.48. The van der Waals surface area contributed by atoms with Gasteiger partial charge >= 0.3 is 0 Å². The number of nitrogens with zero attached hydrogens (tertiary/aromatic N) is 2. The summed E-state index contributed by atoms with van der Waals surface area (Å²) in [4.78, 5) is 6.82. The zero-order valence-electron chi connectivity index (χ0n) is 12.8. The van der Waals surface area contributed by atoms with Crippen molar-refractivity contribution in [3.8, 4) is 0 Å². The smallest absolute Gasteiger partial charge is 0.193 e. The second-order valence-electron chi connectivity index (χ2n) is 5.18. The third-order valence-electron chi connectivity index (χ3n) is 3.22. The molecule has 1 unspecified atom stereocenters. The van der Waals surface area contributed by atoms with Crippen molar-refractivity contribution in [1.82, 2.24) is 10.2 Å². The van der Waals surface area contributed by atoms with Crippen molar-refractivity contribution >= 4 is 17.7 Å². The fourth-order valence-corrected chi connectivity index (χ4v) is 1.82. The first-order valence-corrected chi connectivity index (χ1v) is 8.56. The second-order valence-corrected chi connectivity index (χ2v) is 6.46. The van der Waals surface area contributed by atoms with Crippen LogP contribution >= 0.6 is 11.8 Å². The summed E-state index contributed by atoms with van der Waals surface area (Å²) in [6.07, 6.45) is 4.83. The Balaban J connectivity index is 2.26. The third-order valence-corrected chi connectivity index (χ3v) is 4.17. The van der Waals surface area contributed by atoms with Crippen LogP contribution in [0.25, 0.3) is 0 Å². The van der Waals surface area contributed by atoms with E-state index in [1.54, 1.807) is 0 Å². The van der Waals surface area contributed by atoms with E-state index in [9.17, 15) is 0 Å². The first kappa shape index (κ1) is 16.6. The minimum atomic E-state index is 0.563. The molecule has 0 bridgehead atoms. The Bertz CT molecular complexity index is 269. The lowest BCUT2D eigenvalue weighted by Crippen LogP contribution is -2.41. The molecular weight excluding hydrogens is 258 g/mol. The quantitative estimate of drug-likeness (QED) is 0.400. The van der Waals surface area contributed by atoms with E-state index in [0.717, 1.165) is 44.7 Å². The Hall–Kier alpha value is -0.420. The van der Waals surface area contributed by atoms with Crippen LogP contribution in [0.2, 0.25) is 0 Å². The Morgan fingerprint density at radius 2 is 2.26 bits per heavy atom. The van der Waals surface area contributed by atoms with Crippen molar-refractivity contribution in [2.45, 2.75) is 31.9 Å². The van der Waals surface area contributed by atoms with Crippen LogP contribution in [0, 0.1) is 5.92 Å². The third kappa shape index (κ3) is 7.67. The number of likely N-dealkylation sites (N-methyl/N-ethyl adjacent to an activating group) is 1. The SMILES string of the molecule is CCNC(=NCC(C)SC)N(C)CCOCC1CC1. The number of hydrogen-bond acceptors (Lipinski definition) is 3. The molecule has 1 saturated carbocycles. The predicted molar refractivity (Wildman–Crippen MR) is 85.1 cm³/mol. The monoisotopic (exact) mass is 287 g/mol. The summed E-state index contributed by atoms with van der Waals surface area (Å²) in [5.74, 6) is 1.83. The minimum Gasteiger partial charge on any atom is -0.379 e. The highest BCUT2D eigenvalue weighted by molar-refractivity contribution is 7.99. The van der Waals surface area contributed by atoms with Gasteiger partial charge in [0, 0.05) is 32.0 Å². The van der Waals surface area contributed by atoms with Crippen molar-refractivity contribution in [1.29, 1.82) is 0 Å². The van der Waals surface area contributed by atoms with Crippen LogP contribution in [-0.4, -0.2) is 62.3 Å². The van der Waals surface area contributed by atoms with Crippen molar-refractivity contribution in [2.75, 3.05) is 46.2 Å². The van der Waals surface area contributed by atoms with Crippen molar-refractivity contribution in [3.63, 3.8) is 0 Å². The van der Waals surface area contributed by atoms with Gasteiger partial charge in [-0.25, -0.2) is 0 Å². The number of guanidine groups is 1. The van der Waals surface area contributed by atoms with Crippen molar-refractivity contribution in [2.24, 2.45) is 10.9 Å². The Kier molecular flexibility index (Phi) is 8.30. The van der Waals surface area contributed by atoms with E-state index < -0.39 is 0 Å². The van der Waals surface area contributed by atoms with Crippen LogP contribution in [0.1, 0.15) is 26.7 Å². The van der Waals surface area contributed by atoms with Crippen LogP contribution in [0.3, 0.4) is 0 Å². The molecule has 1 N–H and O–H groups in total. The van der Waals surface area contributed by atoms with E-state index in [-0.39, 0.29) is 0 Å². The number of hydrogen-bond donors (Lipinski definition) is 1. The molecule has 4 nitrogen and oxygen atoms in total. The van der Waals surface area contributed by atoms with Gasteiger partial charge in [-0.3, -0.25) is 4.99 Å². The molecule has 1 fully saturated rings. The molecule has 112 valence electrons. The van der Waals surface area contributed by atoms with Gasteiger partial charge < -0.3 is 15.0 Å². The average Bonchev–Trinajstić information content (AvgIpc) is 3.22. The summed E-state index contributed by atoms with van der Waals surface area (Å²) in [6.45, 7) is 8.69. The maximum absolute atomic E-state index is 5.67. The topological polar surface area (TPSA) is 36.9 Å². The lowest BCUT2D eigenvalue weighted by atomic mass is 10.4. The first-order valence-electron chi connectivity index (χ1n) is 7.27. The Labute approximate surface area is 122 Å². The predicted octanol–water partition coefficient (Wildman–Crippen LogP) is 2.06. The van der Waals surface area contributed by atoms with E-state index in [2.05, 4.69) is 42.4 Å². The van der Waals surface area contributed by atoms with Gasteiger partial charge in [-0.1, -0.05) is 6.92 Å². The van der Waals surface area contributed by atoms with Gasteiger partial charge in [0.05, 0.1) is 13.2 Å². The normalized spacial score (nSPS) is 17.4. The van der Waals surface area contributed by atoms with Gasteiger partial charge in [-0.05, 0) is 31.9 Å². The fourth-order valence-electron chi connectivity index (χ4n) is 1.60. The molecular formula is C14H29N3OS. The molecule has 1 rings (SSSR count). The molecule has 0 radical (unpaired) electrons. The summed E-state index contributed by atoms with van der Waals surface area (Å²) in [5, 5.41) is 3.90. The highest BCUT2D eigenvalue weighted by Gasteiger charge is 2.21. The highest BCUT2D eigenvalue weighted by Crippen LogP contribution is 2.28. The molecule has 1 aliphatic carbocycles. The lowest BCUT2D eigenvalue weighted by molar-refractivity contribution is 0.115. The average molecular weight is 287 g/mol. The standard InChI is InChI=1S/C14H29N3OS/c1-5-15-14(16-10-12(2)19-4)17(3)8-9-18-11-13-6-7-13/h12-13H,5-11H2,1-4H3,(H,15,16). The van der Waals surface area contributed by atoms with Gasteiger partial charge in [0.15, 0.2) is 5.96 Å². The first-order chi connectivity index (χ1) is 9.17. The molecule has 0 heterocycles. The molecule has 0 aromatic heterocycles.